The number of aryl methyl sites for hydroxylation is 1. The van der Waals surface area contributed by atoms with Crippen LogP contribution in [0.1, 0.15) is 19.2 Å². The van der Waals surface area contributed by atoms with Gasteiger partial charge in [0.05, 0.1) is 15.7 Å². The molecule has 0 aliphatic carbocycles. The monoisotopic (exact) mass is 328 g/mol. The van der Waals surface area contributed by atoms with Crippen molar-refractivity contribution in [2.24, 2.45) is 0 Å². The molecular weight excluding hydrogens is 314 g/mol. The minimum Gasteiger partial charge on any atom is -0.373 e. The average molecular weight is 329 g/mol. The van der Waals surface area contributed by atoms with Crippen molar-refractivity contribution in [2.45, 2.75) is 19.8 Å². The molecule has 0 aliphatic heterocycles. The van der Waals surface area contributed by atoms with Gasteiger partial charge in [0.1, 0.15) is 23.3 Å². The zero-order valence-corrected chi connectivity index (χ0v) is 13.2. The van der Waals surface area contributed by atoms with Crippen LogP contribution in [-0.4, -0.2) is 17.0 Å². The first kappa shape index (κ1) is 15.8. The van der Waals surface area contributed by atoms with Gasteiger partial charge >= 0.3 is 0 Å². The van der Waals surface area contributed by atoms with Crippen molar-refractivity contribution in [3.63, 3.8) is 0 Å². The molecule has 0 saturated carbocycles. The second-order valence-corrected chi connectivity index (χ2v) is 5.24. The Morgan fingerprint density at radius 1 is 1.10 bits per heavy atom. The van der Waals surface area contributed by atoms with E-state index in [1.807, 2.05) is 0 Å². The van der Waals surface area contributed by atoms with Gasteiger partial charge in [-0.2, -0.15) is 0 Å². The van der Waals surface area contributed by atoms with Crippen LogP contribution in [-0.2, 0) is 6.42 Å². The van der Waals surface area contributed by atoms with E-state index in [1.165, 1.54) is 12.1 Å². The van der Waals surface area contributed by atoms with Crippen LogP contribution >= 0.6 is 23.2 Å². The molecule has 0 bridgehead atoms. The number of nitrogens with one attached hydrogen (secondary N) is 2. The molecule has 1 heterocycles. The van der Waals surface area contributed by atoms with Crippen LogP contribution in [0.15, 0.2) is 18.2 Å². The van der Waals surface area contributed by atoms with E-state index in [1.54, 1.807) is 13.1 Å². The molecule has 1 aromatic carbocycles. The molecule has 0 radical (unpaired) electrons. The Labute approximate surface area is 132 Å². The second-order valence-electron chi connectivity index (χ2n) is 4.42. The summed E-state index contributed by atoms with van der Waals surface area (Å²) in [5.74, 6) is 1.46. The summed E-state index contributed by atoms with van der Waals surface area (Å²) in [5.41, 5.74) is 0.419. The van der Waals surface area contributed by atoms with E-state index in [4.69, 9.17) is 23.2 Å². The molecule has 0 amide bonds. The van der Waals surface area contributed by atoms with Gasteiger partial charge < -0.3 is 10.6 Å². The van der Waals surface area contributed by atoms with Gasteiger partial charge in [-0.25, -0.2) is 14.4 Å². The van der Waals surface area contributed by atoms with Gasteiger partial charge in [0.2, 0.25) is 0 Å². The molecule has 2 aromatic rings. The highest BCUT2D eigenvalue weighted by molar-refractivity contribution is 6.39. The molecule has 4 nitrogen and oxygen atoms in total. The predicted octanol–water partition coefficient (Wildman–Crippen LogP) is 4.66. The lowest BCUT2D eigenvalue weighted by Gasteiger charge is -2.12. The lowest BCUT2D eigenvalue weighted by Crippen LogP contribution is -2.04. The fourth-order valence-corrected chi connectivity index (χ4v) is 2.37. The summed E-state index contributed by atoms with van der Waals surface area (Å²) in [6.07, 6.45) is 1.69. The summed E-state index contributed by atoms with van der Waals surface area (Å²) in [7, 11) is 1.78. The van der Waals surface area contributed by atoms with Crippen LogP contribution < -0.4 is 10.6 Å². The van der Waals surface area contributed by atoms with Crippen LogP contribution in [0.4, 0.5) is 21.7 Å². The molecular formula is C14H15Cl2FN4. The Bertz CT molecular complexity index is 626. The normalized spacial score (nSPS) is 10.5. The van der Waals surface area contributed by atoms with Gasteiger partial charge in [0.25, 0.3) is 0 Å². The van der Waals surface area contributed by atoms with E-state index < -0.39 is 5.82 Å². The molecule has 0 unspecified atom stereocenters. The van der Waals surface area contributed by atoms with Crippen molar-refractivity contribution < 1.29 is 4.39 Å². The van der Waals surface area contributed by atoms with E-state index in [0.717, 1.165) is 12.8 Å². The summed E-state index contributed by atoms with van der Waals surface area (Å²) >= 11 is 12.0. The highest BCUT2D eigenvalue weighted by Gasteiger charge is 2.11. The van der Waals surface area contributed by atoms with Gasteiger partial charge in [-0.15, -0.1) is 0 Å². The van der Waals surface area contributed by atoms with Crippen LogP contribution in [0.3, 0.4) is 0 Å². The van der Waals surface area contributed by atoms with E-state index in [-0.39, 0.29) is 10.0 Å². The van der Waals surface area contributed by atoms with Gasteiger partial charge in [-0.3, -0.25) is 0 Å². The Morgan fingerprint density at radius 3 is 2.29 bits per heavy atom. The topological polar surface area (TPSA) is 49.8 Å². The predicted molar refractivity (Wildman–Crippen MR) is 85.3 cm³/mol. The first-order valence-corrected chi connectivity index (χ1v) is 7.26. The third kappa shape index (κ3) is 3.95. The molecule has 2 rings (SSSR count). The highest BCUT2D eigenvalue weighted by atomic mass is 35.5. The molecule has 0 saturated heterocycles. The Kier molecular flexibility index (Phi) is 5.20. The van der Waals surface area contributed by atoms with Crippen molar-refractivity contribution in [1.29, 1.82) is 0 Å². The third-order valence-corrected chi connectivity index (χ3v) is 3.36. The SMILES string of the molecule is CCCc1nc(NC)cc(Nc2c(Cl)cc(F)cc2Cl)n1. The van der Waals surface area contributed by atoms with Crippen molar-refractivity contribution in [3.8, 4) is 0 Å². The number of hydrogen-bond acceptors (Lipinski definition) is 4. The summed E-state index contributed by atoms with van der Waals surface area (Å²) in [4.78, 5) is 8.75. The van der Waals surface area contributed by atoms with Gasteiger partial charge in [0.15, 0.2) is 0 Å². The Morgan fingerprint density at radius 2 is 1.71 bits per heavy atom. The Balaban J connectivity index is 2.37. The number of nitrogens with zero attached hydrogens (tertiary/aromatic N) is 2. The minimum atomic E-state index is -0.485. The maximum Gasteiger partial charge on any atom is 0.136 e. The van der Waals surface area contributed by atoms with Crippen LogP contribution in [0.2, 0.25) is 10.0 Å². The standard InChI is InChI=1S/C14H15Cl2FN4/c1-3-4-11-19-12(18-2)7-13(20-11)21-14-9(15)5-8(17)6-10(14)16/h5-7H,3-4H2,1-2H3,(H2,18,19,20,21). The van der Waals surface area contributed by atoms with E-state index in [9.17, 15) is 4.39 Å². The van der Waals surface area contributed by atoms with Gasteiger partial charge in [0, 0.05) is 19.5 Å². The second kappa shape index (κ2) is 6.91. The average Bonchev–Trinajstić information content (AvgIpc) is 2.43. The van der Waals surface area contributed by atoms with E-state index in [2.05, 4.69) is 27.5 Å². The lowest BCUT2D eigenvalue weighted by molar-refractivity contribution is 0.628. The molecule has 7 heteroatoms. The number of benzene rings is 1. The summed E-state index contributed by atoms with van der Waals surface area (Å²) in [5, 5.41) is 6.38. The van der Waals surface area contributed by atoms with Crippen LogP contribution in [0.25, 0.3) is 0 Å². The molecule has 2 N–H and O–H groups in total. The summed E-state index contributed by atoms with van der Waals surface area (Å²) in [6.45, 7) is 2.05. The molecule has 1 aromatic heterocycles. The van der Waals surface area contributed by atoms with Crippen molar-refractivity contribution in [2.75, 3.05) is 17.7 Å². The third-order valence-electron chi connectivity index (χ3n) is 2.76. The Hall–Kier alpha value is -1.59. The maximum atomic E-state index is 13.2. The molecule has 0 aliphatic rings. The fraction of sp³-hybridized carbons (Fsp3) is 0.286. The largest absolute Gasteiger partial charge is 0.373 e. The van der Waals surface area contributed by atoms with Gasteiger partial charge in [-0.1, -0.05) is 30.1 Å². The number of anilines is 3. The van der Waals surface area contributed by atoms with Crippen LogP contribution in [0.5, 0.6) is 0 Å². The first-order valence-electron chi connectivity index (χ1n) is 6.50. The fourth-order valence-electron chi connectivity index (χ4n) is 1.81. The van der Waals surface area contributed by atoms with Crippen molar-refractivity contribution in [1.82, 2.24) is 9.97 Å². The number of halogens is 3. The zero-order chi connectivity index (χ0) is 15.4. The summed E-state index contributed by atoms with van der Waals surface area (Å²) < 4.78 is 13.2. The van der Waals surface area contributed by atoms with Crippen molar-refractivity contribution >= 4 is 40.5 Å². The number of hydrogen-bond donors (Lipinski definition) is 2. The summed E-state index contributed by atoms with van der Waals surface area (Å²) in [6, 6.07) is 4.13. The molecule has 0 spiro atoms. The number of rotatable bonds is 5. The number of aromatic nitrogens is 2. The lowest BCUT2D eigenvalue weighted by atomic mass is 10.3. The maximum absolute atomic E-state index is 13.2. The quantitative estimate of drug-likeness (QED) is 0.838. The smallest absolute Gasteiger partial charge is 0.136 e. The van der Waals surface area contributed by atoms with E-state index >= 15 is 0 Å². The molecule has 112 valence electrons. The zero-order valence-electron chi connectivity index (χ0n) is 11.7. The highest BCUT2D eigenvalue weighted by Crippen LogP contribution is 2.33. The minimum absolute atomic E-state index is 0.196. The molecule has 0 atom stereocenters. The first-order chi connectivity index (χ1) is 10.0. The van der Waals surface area contributed by atoms with Crippen molar-refractivity contribution in [3.05, 3.63) is 39.9 Å². The molecule has 0 fully saturated rings. The van der Waals surface area contributed by atoms with Crippen LogP contribution in [0, 0.1) is 5.82 Å². The van der Waals surface area contributed by atoms with E-state index in [0.29, 0.717) is 23.1 Å². The van der Waals surface area contributed by atoms with Gasteiger partial charge in [-0.05, 0) is 18.6 Å². The molecule has 21 heavy (non-hydrogen) atoms.